The third-order valence-corrected chi connectivity index (χ3v) is 4.69. The highest BCUT2D eigenvalue weighted by atomic mass is 16.6. The molecule has 0 spiro atoms. The molecule has 5 heteroatoms. The van der Waals surface area contributed by atoms with Gasteiger partial charge in [-0.05, 0) is 32.1 Å². The topological polar surface area (TPSA) is 79.2 Å². The van der Waals surface area contributed by atoms with Gasteiger partial charge in [-0.3, -0.25) is 0 Å². The maximum absolute atomic E-state index is 9.79. The van der Waals surface area contributed by atoms with Crippen LogP contribution in [0.3, 0.4) is 0 Å². The van der Waals surface area contributed by atoms with E-state index >= 15 is 0 Å². The van der Waals surface area contributed by atoms with E-state index in [2.05, 4.69) is 19.1 Å². The quantitative estimate of drug-likeness (QED) is 0.329. The fraction of sp³-hybridized carbons (Fsp3) is 0.900. The summed E-state index contributed by atoms with van der Waals surface area (Å²) in [6.07, 6.45) is 13.1. The van der Waals surface area contributed by atoms with E-state index in [1.807, 2.05) is 0 Å². The minimum Gasteiger partial charge on any atom is -0.388 e. The van der Waals surface area contributed by atoms with Crippen molar-refractivity contribution in [1.82, 2.24) is 0 Å². The van der Waals surface area contributed by atoms with Gasteiger partial charge in [0.1, 0.15) is 24.4 Å². The van der Waals surface area contributed by atoms with Crippen LogP contribution in [0.15, 0.2) is 12.2 Å². The second kappa shape index (κ2) is 14.7. The van der Waals surface area contributed by atoms with Crippen LogP contribution in [0.4, 0.5) is 0 Å². The Bertz CT molecular complexity index is 334. The summed E-state index contributed by atoms with van der Waals surface area (Å²) in [5.41, 5.74) is 0. The number of unbranched alkanes of at least 4 members (excludes halogenated alkanes) is 8. The predicted octanol–water partition coefficient (Wildman–Crippen LogP) is 2.96. The Morgan fingerprint density at radius 3 is 2.20 bits per heavy atom. The van der Waals surface area contributed by atoms with Crippen molar-refractivity contribution in [3.63, 3.8) is 0 Å². The Kier molecular flexibility index (Phi) is 13.3. The monoisotopic (exact) mass is 358 g/mol. The zero-order valence-electron chi connectivity index (χ0n) is 15.8. The molecule has 1 rings (SSSR count). The molecule has 3 N–H and O–H groups in total. The molecule has 0 bridgehead atoms. The summed E-state index contributed by atoms with van der Waals surface area (Å²) in [4.78, 5) is 0. The fourth-order valence-electron chi connectivity index (χ4n) is 2.96. The highest BCUT2D eigenvalue weighted by Gasteiger charge is 2.37. The first-order chi connectivity index (χ1) is 12.2. The molecular weight excluding hydrogens is 320 g/mol. The van der Waals surface area contributed by atoms with E-state index in [0.717, 1.165) is 19.3 Å². The average molecular weight is 359 g/mol. The largest absolute Gasteiger partial charge is 0.388 e. The Morgan fingerprint density at radius 2 is 1.52 bits per heavy atom. The van der Waals surface area contributed by atoms with Crippen LogP contribution in [0, 0.1) is 0 Å². The van der Waals surface area contributed by atoms with Gasteiger partial charge in [0.05, 0.1) is 13.2 Å². The average Bonchev–Trinajstić information content (AvgIpc) is 2.61. The summed E-state index contributed by atoms with van der Waals surface area (Å²) in [5.74, 6) is 0. The van der Waals surface area contributed by atoms with Crippen LogP contribution in [0.1, 0.15) is 71.1 Å². The van der Waals surface area contributed by atoms with Gasteiger partial charge in [-0.2, -0.15) is 0 Å². The molecule has 0 aromatic heterocycles. The smallest absolute Gasteiger partial charge is 0.111 e. The standard InChI is InChI=1S/C20H38O5/c1-2-3-4-5-6-7-8-9-10-11-12-13-14-24-16-18-20(23)19(22)17(21)15-25-18/h8-9,17-23H,2-7,10-16H2,1H3/b9-8+/t17-,18+,19+,20+/m1/s1. The molecule has 148 valence electrons. The van der Waals surface area contributed by atoms with Gasteiger partial charge in [0.15, 0.2) is 0 Å². The van der Waals surface area contributed by atoms with Crippen LogP contribution < -0.4 is 0 Å². The van der Waals surface area contributed by atoms with Gasteiger partial charge in [0.2, 0.25) is 0 Å². The van der Waals surface area contributed by atoms with Gasteiger partial charge in [-0.25, -0.2) is 0 Å². The van der Waals surface area contributed by atoms with Crippen molar-refractivity contribution < 1.29 is 24.8 Å². The van der Waals surface area contributed by atoms with Gasteiger partial charge in [-0.15, -0.1) is 0 Å². The van der Waals surface area contributed by atoms with E-state index in [1.54, 1.807) is 0 Å². The second-order valence-corrected chi connectivity index (χ2v) is 7.02. The molecule has 0 aliphatic carbocycles. The Balaban J connectivity index is 1.87. The number of hydrogen-bond donors (Lipinski definition) is 3. The second-order valence-electron chi connectivity index (χ2n) is 7.02. The van der Waals surface area contributed by atoms with E-state index in [0.29, 0.717) is 6.61 Å². The number of allylic oxidation sites excluding steroid dienone is 2. The molecule has 5 nitrogen and oxygen atoms in total. The zero-order chi connectivity index (χ0) is 18.3. The number of aliphatic hydroxyl groups is 3. The Hall–Kier alpha value is -0.460. The van der Waals surface area contributed by atoms with Crippen molar-refractivity contribution in [2.75, 3.05) is 19.8 Å². The van der Waals surface area contributed by atoms with E-state index in [9.17, 15) is 15.3 Å². The molecule has 1 aliphatic rings. The fourth-order valence-corrected chi connectivity index (χ4v) is 2.96. The lowest BCUT2D eigenvalue weighted by atomic mass is 10.0. The summed E-state index contributed by atoms with van der Waals surface area (Å²) in [6, 6.07) is 0. The molecule has 0 aromatic rings. The highest BCUT2D eigenvalue weighted by Crippen LogP contribution is 2.16. The number of rotatable bonds is 14. The highest BCUT2D eigenvalue weighted by molar-refractivity contribution is 4.86. The molecule has 0 amide bonds. The van der Waals surface area contributed by atoms with Crippen molar-refractivity contribution in [2.24, 2.45) is 0 Å². The summed E-state index contributed by atoms with van der Waals surface area (Å²) in [6.45, 7) is 3.17. The third kappa shape index (κ3) is 10.3. The minimum atomic E-state index is -1.15. The number of aliphatic hydroxyl groups excluding tert-OH is 3. The molecule has 1 fully saturated rings. The first-order valence-corrected chi connectivity index (χ1v) is 10.0. The van der Waals surface area contributed by atoms with Gasteiger partial charge in [-0.1, -0.05) is 51.2 Å². The van der Waals surface area contributed by atoms with Crippen molar-refractivity contribution in [1.29, 1.82) is 0 Å². The summed E-state index contributed by atoms with van der Waals surface area (Å²) >= 11 is 0. The van der Waals surface area contributed by atoms with Crippen LogP contribution in [-0.2, 0) is 9.47 Å². The molecule has 1 saturated heterocycles. The molecule has 0 saturated carbocycles. The van der Waals surface area contributed by atoms with Gasteiger partial charge in [0, 0.05) is 6.61 Å². The number of ether oxygens (including phenoxy) is 2. The van der Waals surface area contributed by atoms with Crippen molar-refractivity contribution >= 4 is 0 Å². The first-order valence-electron chi connectivity index (χ1n) is 10.0. The molecule has 0 aromatic carbocycles. The van der Waals surface area contributed by atoms with Crippen molar-refractivity contribution in [3.8, 4) is 0 Å². The summed E-state index contributed by atoms with van der Waals surface area (Å²) in [5, 5.41) is 28.8. The minimum absolute atomic E-state index is 0.0389. The Morgan fingerprint density at radius 1 is 0.880 bits per heavy atom. The Labute approximate surface area is 153 Å². The normalized spacial score (nSPS) is 27.2. The van der Waals surface area contributed by atoms with Crippen LogP contribution in [0.2, 0.25) is 0 Å². The van der Waals surface area contributed by atoms with Gasteiger partial charge >= 0.3 is 0 Å². The molecule has 25 heavy (non-hydrogen) atoms. The lowest BCUT2D eigenvalue weighted by molar-refractivity contribution is -0.199. The molecule has 1 heterocycles. The van der Waals surface area contributed by atoms with E-state index < -0.39 is 24.4 Å². The number of hydrogen-bond acceptors (Lipinski definition) is 5. The zero-order valence-corrected chi connectivity index (χ0v) is 15.8. The van der Waals surface area contributed by atoms with Gasteiger partial charge in [0.25, 0.3) is 0 Å². The molecule has 0 unspecified atom stereocenters. The molecule has 0 radical (unpaired) electrons. The maximum Gasteiger partial charge on any atom is 0.111 e. The lowest BCUT2D eigenvalue weighted by Gasteiger charge is -2.35. The van der Waals surface area contributed by atoms with Crippen LogP contribution in [-0.4, -0.2) is 59.6 Å². The van der Waals surface area contributed by atoms with Crippen LogP contribution >= 0.6 is 0 Å². The van der Waals surface area contributed by atoms with E-state index in [4.69, 9.17) is 9.47 Å². The third-order valence-electron chi connectivity index (χ3n) is 4.69. The SMILES string of the molecule is CCCCCCC/C=C/CCCCCOC[C@@H]1OC[C@@H](O)[C@H](O)[C@H]1O. The van der Waals surface area contributed by atoms with Crippen molar-refractivity contribution in [3.05, 3.63) is 12.2 Å². The maximum atomic E-state index is 9.79. The summed E-state index contributed by atoms with van der Waals surface area (Å²) < 4.78 is 10.8. The van der Waals surface area contributed by atoms with Crippen molar-refractivity contribution in [2.45, 2.75) is 95.5 Å². The molecule has 1 aliphatic heterocycles. The first kappa shape index (κ1) is 22.6. The molecular formula is C20H38O5. The predicted molar refractivity (Wildman–Crippen MR) is 99.6 cm³/mol. The summed E-state index contributed by atoms with van der Waals surface area (Å²) in [7, 11) is 0. The van der Waals surface area contributed by atoms with E-state index in [1.165, 1.54) is 44.9 Å². The lowest BCUT2D eigenvalue weighted by Crippen LogP contribution is -2.54. The van der Waals surface area contributed by atoms with Crippen LogP contribution in [0.25, 0.3) is 0 Å². The molecule has 4 atom stereocenters. The van der Waals surface area contributed by atoms with Gasteiger partial charge < -0.3 is 24.8 Å². The van der Waals surface area contributed by atoms with Crippen LogP contribution in [0.5, 0.6) is 0 Å². The van der Waals surface area contributed by atoms with E-state index in [-0.39, 0.29) is 13.2 Å².